The Morgan fingerprint density at radius 2 is 2.03 bits per heavy atom. The van der Waals surface area contributed by atoms with E-state index in [1.807, 2.05) is 0 Å². The molecule has 1 fully saturated rings. The molecular formula is C22H18ClF2N3O4. The van der Waals surface area contributed by atoms with E-state index >= 15 is 0 Å². The molecule has 0 aliphatic carbocycles. The summed E-state index contributed by atoms with van der Waals surface area (Å²) >= 11 is 5.68. The number of carbonyl (C=O) groups is 4. The fourth-order valence-electron chi connectivity index (χ4n) is 3.15. The highest BCUT2D eigenvalue weighted by Gasteiger charge is 2.41. The van der Waals surface area contributed by atoms with Gasteiger partial charge in [0.05, 0.1) is 2.74 Å². The van der Waals surface area contributed by atoms with Gasteiger partial charge in [0.15, 0.2) is 1.41 Å². The van der Waals surface area contributed by atoms with Gasteiger partial charge in [0.2, 0.25) is 11.8 Å². The number of halogens is 3. The first-order valence-corrected chi connectivity index (χ1v) is 9.46. The van der Waals surface area contributed by atoms with E-state index in [9.17, 15) is 28.0 Å². The van der Waals surface area contributed by atoms with Crippen LogP contribution in [0.4, 0.5) is 8.78 Å². The highest BCUT2D eigenvalue weighted by molar-refractivity contribution is 6.30. The van der Waals surface area contributed by atoms with E-state index in [-0.39, 0.29) is 27.0 Å². The molecule has 2 heterocycles. The van der Waals surface area contributed by atoms with Crippen LogP contribution in [-0.2, 0) is 33.4 Å². The topological polar surface area (TPSA) is 95.6 Å². The second-order valence-corrected chi connectivity index (χ2v) is 7.27. The van der Waals surface area contributed by atoms with Crippen LogP contribution < -0.4 is 10.6 Å². The van der Waals surface area contributed by atoms with Crippen molar-refractivity contribution in [3.05, 3.63) is 69.7 Å². The molecule has 1 saturated heterocycles. The maximum absolute atomic E-state index is 14.7. The molecule has 10 heteroatoms. The number of alkyl halides is 2. The molecule has 32 heavy (non-hydrogen) atoms. The maximum atomic E-state index is 14.7. The Labute approximate surface area is 196 Å². The van der Waals surface area contributed by atoms with Gasteiger partial charge in [-0.25, -0.2) is 0 Å². The van der Waals surface area contributed by atoms with E-state index in [4.69, 9.17) is 21.2 Å². The normalized spacial score (nSPS) is 28.0. The highest BCUT2D eigenvalue weighted by atomic mass is 35.5. The molecule has 2 aromatic rings. The lowest BCUT2D eigenvalue weighted by Gasteiger charge is -2.29. The summed E-state index contributed by atoms with van der Waals surface area (Å²) in [5.41, 5.74) is -1.13. The summed E-state index contributed by atoms with van der Waals surface area (Å²) in [5.74, 6) is -10.4. The summed E-state index contributed by atoms with van der Waals surface area (Å²) in [4.78, 5) is 50.4. The van der Waals surface area contributed by atoms with E-state index < -0.39 is 66.9 Å². The van der Waals surface area contributed by atoms with Crippen molar-refractivity contribution in [3.8, 4) is 0 Å². The number of nitrogens with zero attached hydrogens (tertiary/aromatic N) is 1. The fourth-order valence-corrected chi connectivity index (χ4v) is 3.28. The third kappa shape index (κ3) is 4.08. The van der Waals surface area contributed by atoms with Crippen LogP contribution in [0.3, 0.4) is 0 Å². The number of benzene rings is 2. The number of piperidine rings is 1. The molecule has 4 amide bonds. The van der Waals surface area contributed by atoms with Crippen LogP contribution in [0.25, 0.3) is 0 Å². The van der Waals surface area contributed by atoms with E-state index in [2.05, 4.69) is 0 Å². The van der Waals surface area contributed by atoms with Crippen molar-refractivity contribution in [2.24, 2.45) is 0 Å². The van der Waals surface area contributed by atoms with Gasteiger partial charge in [-0.05, 0) is 35.7 Å². The van der Waals surface area contributed by atoms with Crippen LogP contribution in [0.1, 0.15) is 48.0 Å². The first kappa shape index (κ1) is 14.7. The summed E-state index contributed by atoms with van der Waals surface area (Å²) in [7, 11) is 0. The predicted molar refractivity (Wildman–Crippen MR) is 110 cm³/mol. The summed E-state index contributed by atoms with van der Waals surface area (Å²) in [5, 5.41) is 1.46. The first-order valence-electron chi connectivity index (χ1n) is 12.6. The van der Waals surface area contributed by atoms with Crippen molar-refractivity contribution in [1.82, 2.24) is 15.5 Å². The number of hydrogen-bond donors (Lipinski definition) is 2. The van der Waals surface area contributed by atoms with Crippen molar-refractivity contribution < 1.29 is 37.6 Å². The van der Waals surface area contributed by atoms with E-state index in [0.29, 0.717) is 4.90 Å². The zero-order valence-corrected chi connectivity index (χ0v) is 16.7. The molecule has 0 saturated carbocycles. The molecular weight excluding hydrogens is 444 g/mol. The molecule has 7 nitrogen and oxygen atoms in total. The minimum atomic E-state index is -4.18. The molecule has 2 aliphatic rings. The van der Waals surface area contributed by atoms with Crippen LogP contribution in [-0.4, -0.2) is 34.5 Å². The Kier molecular flexibility index (Phi) is 3.81. The van der Waals surface area contributed by atoms with E-state index in [1.54, 1.807) is 5.32 Å². The Hall–Kier alpha value is -3.33. The number of fused-ring (bicyclic) bond motifs is 1. The third-order valence-corrected chi connectivity index (χ3v) is 5.00. The summed E-state index contributed by atoms with van der Waals surface area (Å²) in [6.07, 6.45) is -6.86. The second-order valence-electron chi connectivity index (χ2n) is 6.83. The molecule has 0 bridgehead atoms. The lowest BCUT2D eigenvalue weighted by atomic mass is 10.0. The minimum Gasteiger partial charge on any atom is -0.346 e. The SMILES string of the molecule is [2H]C(c1ccc2c(c1)CN(C1([2H])C(=O)NC(=O)C([2H])([2H])C1([2H])[2H])C2=O)N([2H])C(=O)C(F)(F)c1ccc(Cl)cc1. The quantitative estimate of drug-likeness (QED) is 0.659. The minimum absolute atomic E-state index is 0.00672. The number of rotatable bonds is 5. The van der Waals surface area contributed by atoms with Gasteiger partial charge in [-0.2, -0.15) is 8.78 Å². The molecule has 2 N–H and O–H groups in total. The highest BCUT2D eigenvalue weighted by Crippen LogP contribution is 2.30. The molecule has 0 aromatic heterocycles. The molecule has 166 valence electrons. The van der Waals surface area contributed by atoms with Crippen LogP contribution in [0.2, 0.25) is 6.43 Å². The van der Waals surface area contributed by atoms with E-state index in [0.717, 1.165) is 42.5 Å². The van der Waals surface area contributed by atoms with Gasteiger partial charge >= 0.3 is 5.92 Å². The van der Waals surface area contributed by atoms with Crippen LogP contribution in [0, 0.1) is 0 Å². The summed E-state index contributed by atoms with van der Waals surface area (Å²) in [6, 6.07) is 4.10. The van der Waals surface area contributed by atoms with Crippen molar-refractivity contribution >= 4 is 35.2 Å². The number of imide groups is 1. The van der Waals surface area contributed by atoms with Crippen LogP contribution in [0.5, 0.6) is 0 Å². The van der Waals surface area contributed by atoms with Gasteiger partial charge in [0.1, 0.15) is 6.02 Å². The van der Waals surface area contributed by atoms with Gasteiger partial charge in [0.25, 0.3) is 11.8 Å². The number of carbonyl (C=O) groups excluding carboxylic acids is 4. The Balaban J connectivity index is 1.62. The number of nitrogens with one attached hydrogen (secondary N) is 2. The Morgan fingerprint density at radius 3 is 2.75 bits per heavy atom. The van der Waals surface area contributed by atoms with Gasteiger partial charge in [-0.15, -0.1) is 0 Å². The average Bonchev–Trinajstić information content (AvgIpc) is 3.21. The summed E-state index contributed by atoms with van der Waals surface area (Å²) in [6.45, 7) is -2.66. The smallest absolute Gasteiger partial charge is 0.346 e. The predicted octanol–water partition coefficient (Wildman–Crippen LogP) is 2.51. The van der Waals surface area contributed by atoms with Gasteiger partial charge in [-0.1, -0.05) is 35.9 Å². The third-order valence-electron chi connectivity index (χ3n) is 4.75. The molecule has 0 spiro atoms. The zero-order valence-electron chi connectivity index (χ0n) is 23.0. The molecule has 4 rings (SSSR count). The van der Waals surface area contributed by atoms with Crippen LogP contribution >= 0.6 is 11.6 Å². The molecule has 2 aliphatic heterocycles. The van der Waals surface area contributed by atoms with Crippen molar-refractivity contribution in [1.29, 1.82) is 0 Å². The zero-order chi connectivity index (χ0) is 29.3. The summed E-state index contributed by atoms with van der Waals surface area (Å²) < 4.78 is 85.9. The van der Waals surface area contributed by atoms with Crippen molar-refractivity contribution in [2.45, 2.75) is 37.8 Å². The molecule has 2 unspecified atom stereocenters. The molecule has 2 aromatic carbocycles. The van der Waals surface area contributed by atoms with Gasteiger partial charge in [-0.3, -0.25) is 24.5 Å². The first-order chi connectivity index (χ1) is 17.9. The Morgan fingerprint density at radius 1 is 1.31 bits per heavy atom. The number of amides is 4. The van der Waals surface area contributed by atoms with Crippen LogP contribution in [0.15, 0.2) is 42.5 Å². The van der Waals surface area contributed by atoms with E-state index in [1.165, 1.54) is 0 Å². The Bertz CT molecular complexity index is 1410. The van der Waals surface area contributed by atoms with Crippen molar-refractivity contribution in [2.75, 3.05) is 0 Å². The average molecular weight is 469 g/mol. The maximum Gasteiger partial charge on any atom is 0.349 e. The molecule has 0 radical (unpaired) electrons. The lowest BCUT2D eigenvalue weighted by molar-refractivity contribution is -0.147. The fraction of sp³-hybridized carbons (Fsp3) is 0.273. The van der Waals surface area contributed by atoms with Gasteiger partial charge < -0.3 is 10.2 Å². The largest absolute Gasteiger partial charge is 0.349 e. The number of hydrogen-bond acceptors (Lipinski definition) is 4. The second kappa shape index (κ2) is 8.31. The molecule has 2 atom stereocenters. The lowest BCUT2D eigenvalue weighted by Crippen LogP contribution is -2.52. The monoisotopic (exact) mass is 468 g/mol. The van der Waals surface area contributed by atoms with Gasteiger partial charge in [0, 0.05) is 41.1 Å². The standard InChI is InChI=1S/C22H18ClF2N3O4/c23-15-4-2-14(3-5-15)22(24,25)21(32)26-10-12-1-6-16-13(9-12)11-28(20(16)31)17-7-8-18(29)27-19(17)30/h1-6,9,17H,7-8,10-11H2,(H,26,32)(H,27,29,30)/i7D2,8D2,10D,17D/hD. The van der Waals surface area contributed by atoms with Crippen molar-refractivity contribution in [3.63, 3.8) is 0 Å².